The van der Waals surface area contributed by atoms with E-state index in [2.05, 4.69) is 53.9 Å². The molecule has 0 N–H and O–H groups in total. The molecule has 1 aromatic heterocycles. The highest BCUT2D eigenvalue weighted by Gasteiger charge is 2.00. The number of benzene rings is 1. The molecule has 0 atom stereocenters. The van der Waals surface area contributed by atoms with Gasteiger partial charge in [0.1, 0.15) is 5.75 Å². The molecule has 1 aromatic carbocycles. The molecule has 0 aliphatic rings. The minimum absolute atomic E-state index is 0.130. The molecule has 1 heterocycles. The third-order valence-corrected chi connectivity index (χ3v) is 2.83. The number of thiocarbonyl (C=S) groups is 1. The summed E-state index contributed by atoms with van der Waals surface area (Å²) in [6.07, 6.45) is 4.25. The Morgan fingerprint density at radius 2 is 1.73 bits per heavy atom. The smallest absolute Gasteiger partial charge is 0.173 e. The van der Waals surface area contributed by atoms with Gasteiger partial charge in [0.05, 0.1) is 13.2 Å². The predicted octanol–water partition coefficient (Wildman–Crippen LogP) is 3.27. The lowest BCUT2D eigenvalue weighted by molar-refractivity contribution is -0.688. The number of pyridine rings is 1. The molecular formula is C17H21NO2S2. The molecule has 5 heteroatoms. The van der Waals surface area contributed by atoms with Gasteiger partial charge in [0.15, 0.2) is 18.9 Å². The van der Waals surface area contributed by atoms with Gasteiger partial charge in [-0.2, -0.15) is 0 Å². The Kier molecular flexibility index (Phi) is 8.40. The van der Waals surface area contributed by atoms with E-state index in [-0.39, 0.29) is 10.5 Å². The Bertz CT molecular complexity index is 557. The summed E-state index contributed by atoms with van der Waals surface area (Å²) in [5.41, 5.74) is 1.27. The third-order valence-electron chi connectivity index (χ3n) is 2.63. The van der Waals surface area contributed by atoms with E-state index in [1.54, 1.807) is 7.11 Å². The molecule has 22 heavy (non-hydrogen) atoms. The topological polar surface area (TPSA) is 22.3 Å². The van der Waals surface area contributed by atoms with E-state index in [1.165, 1.54) is 5.56 Å². The summed E-state index contributed by atoms with van der Waals surface area (Å²) in [7, 11) is 1.68. The van der Waals surface area contributed by atoms with Crippen LogP contribution in [0.4, 0.5) is 0 Å². The van der Waals surface area contributed by atoms with Crippen molar-refractivity contribution in [2.24, 2.45) is 0 Å². The number of ether oxygens (including phenoxy) is 2. The fraction of sp³-hybridized carbons (Fsp3) is 0.294. The monoisotopic (exact) mass is 335 g/mol. The molecule has 0 aliphatic heterocycles. The number of hydrogen-bond acceptors (Lipinski definition) is 4. The van der Waals surface area contributed by atoms with E-state index < -0.39 is 0 Å². The Labute approximate surface area is 143 Å². The molecule has 2 rings (SSSR count). The maximum atomic E-state index is 5.11. The molecule has 2 aromatic rings. The van der Waals surface area contributed by atoms with Crippen molar-refractivity contribution >= 4 is 29.2 Å². The van der Waals surface area contributed by atoms with Gasteiger partial charge in [0.25, 0.3) is 0 Å². The molecule has 0 fully saturated rings. The van der Waals surface area contributed by atoms with Crippen molar-refractivity contribution < 1.29 is 14.0 Å². The minimum Gasteiger partial charge on any atom is -0.511 e. The second-order valence-electron chi connectivity index (χ2n) is 4.81. The lowest BCUT2D eigenvalue weighted by atomic mass is 10.2. The predicted molar refractivity (Wildman–Crippen MR) is 94.9 cm³/mol. The highest BCUT2D eigenvalue weighted by molar-refractivity contribution is 7.99. The van der Waals surface area contributed by atoms with Crippen LogP contribution < -0.4 is 9.30 Å². The first kappa shape index (κ1) is 18.3. The van der Waals surface area contributed by atoms with Crippen LogP contribution in [0, 0.1) is 0 Å². The molecule has 118 valence electrons. The largest absolute Gasteiger partial charge is 0.511 e. The van der Waals surface area contributed by atoms with Crippen LogP contribution in [0.25, 0.3) is 0 Å². The Hall–Kier alpha value is -1.72. The lowest BCUT2D eigenvalue weighted by Crippen LogP contribution is -2.32. The van der Waals surface area contributed by atoms with Crippen LogP contribution in [-0.4, -0.2) is 17.6 Å². The molecule has 0 radical (unpaired) electrons. The highest BCUT2D eigenvalue weighted by atomic mass is 32.1. The van der Waals surface area contributed by atoms with Crippen molar-refractivity contribution in [2.45, 2.75) is 26.5 Å². The summed E-state index contributed by atoms with van der Waals surface area (Å²) in [5.74, 6) is 0.900. The van der Waals surface area contributed by atoms with Gasteiger partial charge in [-0.3, -0.25) is 0 Å². The van der Waals surface area contributed by atoms with Gasteiger partial charge in [-0.1, -0.05) is 6.07 Å². The van der Waals surface area contributed by atoms with Crippen LogP contribution in [0.2, 0.25) is 0 Å². The number of nitrogens with zero attached hydrogens (tertiary/aromatic N) is 1. The van der Waals surface area contributed by atoms with Gasteiger partial charge in [-0.25, -0.2) is 4.57 Å². The van der Waals surface area contributed by atoms with Gasteiger partial charge < -0.3 is 34.3 Å². The second kappa shape index (κ2) is 10.1. The number of methoxy groups -OCH3 is 1. The first-order valence-electron chi connectivity index (χ1n) is 6.96. The normalized spacial score (nSPS) is 9.64. The zero-order valence-electron chi connectivity index (χ0n) is 13.1. The minimum atomic E-state index is 0.130. The van der Waals surface area contributed by atoms with Crippen molar-refractivity contribution in [3.63, 3.8) is 0 Å². The van der Waals surface area contributed by atoms with E-state index >= 15 is 0 Å². The molecule has 0 spiro atoms. The van der Waals surface area contributed by atoms with Crippen molar-refractivity contribution in [2.75, 3.05) is 7.11 Å². The van der Waals surface area contributed by atoms with Gasteiger partial charge >= 0.3 is 0 Å². The van der Waals surface area contributed by atoms with Gasteiger partial charge in [-0.15, -0.1) is 0 Å². The molecule has 0 saturated heterocycles. The first-order valence-corrected chi connectivity index (χ1v) is 7.77. The summed E-state index contributed by atoms with van der Waals surface area (Å²) in [5, 5.41) is 0. The summed E-state index contributed by atoms with van der Waals surface area (Å²) in [6, 6.07) is 14.2. The molecule has 0 saturated carbocycles. The van der Waals surface area contributed by atoms with Crippen LogP contribution in [-0.2, 0) is 23.9 Å². The number of rotatable bonds is 4. The van der Waals surface area contributed by atoms with Crippen LogP contribution in [0.5, 0.6) is 5.75 Å². The molecule has 0 aliphatic carbocycles. The van der Waals surface area contributed by atoms with Crippen LogP contribution in [0.3, 0.4) is 0 Å². The first-order chi connectivity index (χ1) is 10.5. The van der Waals surface area contributed by atoms with Crippen LogP contribution in [0.15, 0.2) is 54.9 Å². The molecular weight excluding hydrogens is 314 g/mol. The van der Waals surface area contributed by atoms with E-state index in [9.17, 15) is 0 Å². The number of hydrogen-bond donors (Lipinski definition) is 0. The van der Waals surface area contributed by atoms with Crippen molar-refractivity contribution in [3.8, 4) is 5.75 Å². The van der Waals surface area contributed by atoms with Crippen molar-refractivity contribution in [3.05, 3.63) is 60.4 Å². The zero-order chi connectivity index (χ0) is 16.4. The van der Waals surface area contributed by atoms with E-state index in [1.807, 2.05) is 44.2 Å². The Morgan fingerprint density at radius 3 is 2.14 bits per heavy atom. The van der Waals surface area contributed by atoms with Crippen molar-refractivity contribution in [1.82, 2.24) is 0 Å². The van der Waals surface area contributed by atoms with E-state index in [0.717, 1.165) is 12.3 Å². The van der Waals surface area contributed by atoms with Crippen LogP contribution >= 0.6 is 12.2 Å². The Morgan fingerprint density at radius 1 is 1.14 bits per heavy atom. The summed E-state index contributed by atoms with van der Waals surface area (Å²) >= 11 is 8.93. The molecule has 0 amide bonds. The summed E-state index contributed by atoms with van der Waals surface area (Å²) < 4.78 is 12.3. The van der Waals surface area contributed by atoms with Gasteiger partial charge in [-0.05, 0) is 38.1 Å². The maximum Gasteiger partial charge on any atom is 0.173 e. The molecule has 0 unspecified atom stereocenters. The Balaban J connectivity index is 0.000000295. The zero-order valence-corrected chi connectivity index (χ0v) is 14.7. The molecule has 0 bridgehead atoms. The summed E-state index contributed by atoms with van der Waals surface area (Å²) in [4.78, 5) is 0. The number of aromatic nitrogens is 1. The van der Waals surface area contributed by atoms with Crippen molar-refractivity contribution in [1.29, 1.82) is 0 Å². The quantitative estimate of drug-likeness (QED) is 0.486. The van der Waals surface area contributed by atoms with Crippen LogP contribution in [0.1, 0.15) is 19.4 Å². The summed E-state index contributed by atoms with van der Waals surface area (Å²) in [6.45, 7) is 4.67. The maximum absolute atomic E-state index is 5.11. The average Bonchev–Trinajstić information content (AvgIpc) is 2.48. The van der Waals surface area contributed by atoms with Gasteiger partial charge in [0.2, 0.25) is 0 Å². The van der Waals surface area contributed by atoms with E-state index in [4.69, 9.17) is 9.47 Å². The SMILES string of the molecule is CC(C)OC(=S)[S-].COc1ccc(C[n+]2ccccc2)cc1. The average molecular weight is 335 g/mol. The second-order valence-corrected chi connectivity index (χ2v) is 5.81. The third kappa shape index (κ3) is 7.90. The van der Waals surface area contributed by atoms with E-state index in [0.29, 0.717) is 0 Å². The van der Waals surface area contributed by atoms with Gasteiger partial charge in [0, 0.05) is 22.1 Å². The fourth-order valence-corrected chi connectivity index (χ4v) is 2.06. The standard InChI is InChI=1S/C13H14NO.C4H8OS2/c1-15-13-7-5-12(6-8-13)11-14-9-3-2-4-10-14;1-3(2)5-4(6)7/h2-10H,11H2,1H3;3H,1-2H3,(H,6,7)/q+1;/p-1. The fourth-order valence-electron chi connectivity index (χ4n) is 1.67. The molecule has 3 nitrogen and oxygen atoms in total. The lowest BCUT2D eigenvalue weighted by Gasteiger charge is -2.11. The highest BCUT2D eigenvalue weighted by Crippen LogP contribution is 2.10.